The monoisotopic (exact) mass is 372 g/mol. The van der Waals surface area contributed by atoms with E-state index in [4.69, 9.17) is 4.74 Å². The number of fused-ring (bicyclic) bond motifs is 1. The van der Waals surface area contributed by atoms with Crippen LogP contribution in [-0.2, 0) is 17.6 Å². The number of ketones is 1. The second-order valence-corrected chi connectivity index (χ2v) is 6.67. The first-order valence-electron chi connectivity index (χ1n) is 7.67. The van der Waals surface area contributed by atoms with E-state index in [1.807, 2.05) is 24.3 Å². The number of aryl methyl sites for hydroxylation is 2. The van der Waals surface area contributed by atoms with Gasteiger partial charge in [-0.25, -0.2) is 4.79 Å². The molecule has 0 saturated carbocycles. The third kappa shape index (κ3) is 3.53. The largest absolute Gasteiger partial charge is 0.451 e. The summed E-state index contributed by atoms with van der Waals surface area (Å²) in [6, 6.07) is 12.7. The fourth-order valence-electron chi connectivity index (χ4n) is 2.86. The molecule has 118 valence electrons. The second-order valence-electron chi connectivity index (χ2n) is 5.76. The quantitative estimate of drug-likeness (QED) is 0.591. The molecule has 0 amide bonds. The number of ether oxygens (including phenoxy) is 1. The molecule has 0 N–H and O–H groups in total. The van der Waals surface area contributed by atoms with Crippen molar-refractivity contribution in [3.05, 3.63) is 69.2 Å². The van der Waals surface area contributed by atoms with Crippen molar-refractivity contribution in [2.45, 2.75) is 32.3 Å². The first kappa shape index (κ1) is 15.9. The molecule has 0 aromatic heterocycles. The summed E-state index contributed by atoms with van der Waals surface area (Å²) in [7, 11) is 0. The first-order chi connectivity index (χ1) is 11.0. The summed E-state index contributed by atoms with van der Waals surface area (Å²) in [4.78, 5) is 24.6. The van der Waals surface area contributed by atoms with Crippen molar-refractivity contribution >= 4 is 27.7 Å². The molecule has 1 aliphatic rings. The SMILES string of the molecule is C[C@@H](OC(=O)c1cccc(Br)c1)C(=O)c1ccc2c(c1)CCC2. The average Bonchev–Trinajstić information content (AvgIpc) is 3.01. The molecule has 0 radical (unpaired) electrons. The van der Waals surface area contributed by atoms with Crippen LogP contribution in [0.4, 0.5) is 0 Å². The Hall–Kier alpha value is -1.94. The van der Waals surface area contributed by atoms with Gasteiger partial charge < -0.3 is 4.74 Å². The molecule has 3 rings (SSSR count). The standard InChI is InChI=1S/C19H17BrO3/c1-12(23-19(22)16-6-3-7-17(20)11-16)18(21)15-9-8-13-4-2-5-14(13)10-15/h3,6-12H,2,4-5H2,1H3/t12-/m1/s1. The third-order valence-corrected chi connectivity index (χ3v) is 4.59. The Kier molecular flexibility index (Phi) is 4.62. The molecule has 3 nitrogen and oxygen atoms in total. The number of Topliss-reactive ketones (excluding diaryl/α,β-unsaturated/α-hetero) is 1. The van der Waals surface area contributed by atoms with Gasteiger partial charge in [-0.15, -0.1) is 0 Å². The van der Waals surface area contributed by atoms with Gasteiger partial charge in [0.2, 0.25) is 5.78 Å². The Labute approximate surface area is 143 Å². The van der Waals surface area contributed by atoms with Crippen molar-refractivity contribution in [1.29, 1.82) is 0 Å². The highest BCUT2D eigenvalue weighted by atomic mass is 79.9. The summed E-state index contributed by atoms with van der Waals surface area (Å²) in [5, 5.41) is 0. The molecule has 23 heavy (non-hydrogen) atoms. The maximum atomic E-state index is 12.5. The van der Waals surface area contributed by atoms with Crippen LogP contribution in [0.3, 0.4) is 0 Å². The molecule has 2 aromatic rings. The van der Waals surface area contributed by atoms with E-state index in [-0.39, 0.29) is 5.78 Å². The topological polar surface area (TPSA) is 43.4 Å². The molecule has 0 fully saturated rings. The van der Waals surface area contributed by atoms with Crippen LogP contribution in [0, 0.1) is 0 Å². The van der Waals surface area contributed by atoms with Crippen LogP contribution >= 0.6 is 15.9 Å². The fourth-order valence-corrected chi connectivity index (χ4v) is 3.26. The van der Waals surface area contributed by atoms with Gasteiger partial charge in [0.25, 0.3) is 0 Å². The molecule has 1 atom stereocenters. The van der Waals surface area contributed by atoms with Crippen LogP contribution in [0.2, 0.25) is 0 Å². The zero-order valence-electron chi connectivity index (χ0n) is 12.8. The lowest BCUT2D eigenvalue weighted by atomic mass is 10.0. The lowest BCUT2D eigenvalue weighted by molar-refractivity contribution is 0.0318. The number of carbonyl (C=O) groups is 2. The first-order valence-corrected chi connectivity index (χ1v) is 8.46. The van der Waals surface area contributed by atoms with Gasteiger partial charge in [-0.05, 0) is 61.6 Å². The molecule has 0 heterocycles. The molecule has 4 heteroatoms. The summed E-state index contributed by atoms with van der Waals surface area (Å²) < 4.78 is 6.11. The van der Waals surface area contributed by atoms with Crippen molar-refractivity contribution in [2.75, 3.05) is 0 Å². The Bertz CT molecular complexity index is 767. The highest BCUT2D eigenvalue weighted by molar-refractivity contribution is 9.10. The van der Waals surface area contributed by atoms with Gasteiger partial charge in [-0.2, -0.15) is 0 Å². The summed E-state index contributed by atoms with van der Waals surface area (Å²) >= 11 is 3.32. The predicted molar refractivity (Wildman–Crippen MR) is 91.8 cm³/mol. The molecule has 0 aliphatic heterocycles. The smallest absolute Gasteiger partial charge is 0.338 e. The molecule has 2 aromatic carbocycles. The molecular weight excluding hydrogens is 356 g/mol. The Morgan fingerprint density at radius 3 is 2.61 bits per heavy atom. The van der Waals surface area contributed by atoms with Crippen molar-refractivity contribution in [1.82, 2.24) is 0 Å². The van der Waals surface area contributed by atoms with Crippen molar-refractivity contribution in [3.8, 4) is 0 Å². The van der Waals surface area contributed by atoms with Crippen LogP contribution in [0.1, 0.15) is 45.2 Å². The molecule has 1 aliphatic carbocycles. The number of rotatable bonds is 4. The van der Waals surface area contributed by atoms with E-state index in [9.17, 15) is 9.59 Å². The molecule has 0 unspecified atom stereocenters. The van der Waals surface area contributed by atoms with E-state index in [1.54, 1.807) is 25.1 Å². The zero-order valence-corrected chi connectivity index (χ0v) is 14.4. The second kappa shape index (κ2) is 6.67. The van der Waals surface area contributed by atoms with E-state index in [1.165, 1.54) is 11.1 Å². The van der Waals surface area contributed by atoms with E-state index >= 15 is 0 Å². The van der Waals surface area contributed by atoms with Crippen LogP contribution in [-0.4, -0.2) is 17.9 Å². The fraction of sp³-hybridized carbons (Fsp3) is 0.263. The van der Waals surface area contributed by atoms with Gasteiger partial charge in [0.05, 0.1) is 5.56 Å². The van der Waals surface area contributed by atoms with Crippen molar-refractivity contribution < 1.29 is 14.3 Å². The van der Waals surface area contributed by atoms with Crippen LogP contribution in [0.5, 0.6) is 0 Å². The van der Waals surface area contributed by atoms with Gasteiger partial charge >= 0.3 is 5.97 Å². The minimum Gasteiger partial charge on any atom is -0.451 e. The predicted octanol–water partition coefficient (Wildman–Crippen LogP) is 4.37. The molecule has 0 saturated heterocycles. The zero-order chi connectivity index (χ0) is 16.4. The Morgan fingerprint density at radius 1 is 1.04 bits per heavy atom. The summed E-state index contributed by atoms with van der Waals surface area (Å²) in [5.41, 5.74) is 3.59. The summed E-state index contributed by atoms with van der Waals surface area (Å²) in [6.45, 7) is 1.62. The normalized spacial score (nSPS) is 14.2. The Morgan fingerprint density at radius 2 is 1.83 bits per heavy atom. The van der Waals surface area contributed by atoms with Crippen molar-refractivity contribution in [3.63, 3.8) is 0 Å². The highest BCUT2D eigenvalue weighted by Gasteiger charge is 2.22. The van der Waals surface area contributed by atoms with Crippen LogP contribution in [0.25, 0.3) is 0 Å². The molecule has 0 spiro atoms. The minimum atomic E-state index is -0.805. The van der Waals surface area contributed by atoms with E-state index in [0.29, 0.717) is 11.1 Å². The van der Waals surface area contributed by atoms with Gasteiger partial charge in [0, 0.05) is 10.0 Å². The lowest BCUT2D eigenvalue weighted by Crippen LogP contribution is -2.24. The van der Waals surface area contributed by atoms with E-state index in [0.717, 1.165) is 23.7 Å². The Balaban J connectivity index is 1.71. The highest BCUT2D eigenvalue weighted by Crippen LogP contribution is 2.23. The van der Waals surface area contributed by atoms with Crippen molar-refractivity contribution in [2.24, 2.45) is 0 Å². The average molecular weight is 373 g/mol. The number of benzene rings is 2. The number of hydrogen-bond donors (Lipinski definition) is 0. The number of halogens is 1. The van der Waals surface area contributed by atoms with E-state index < -0.39 is 12.1 Å². The van der Waals surface area contributed by atoms with Gasteiger partial charge in [-0.3, -0.25) is 4.79 Å². The number of hydrogen-bond acceptors (Lipinski definition) is 3. The maximum Gasteiger partial charge on any atom is 0.338 e. The van der Waals surface area contributed by atoms with Gasteiger partial charge in [0.15, 0.2) is 6.10 Å². The van der Waals surface area contributed by atoms with E-state index in [2.05, 4.69) is 15.9 Å². The molecule has 0 bridgehead atoms. The number of esters is 1. The maximum absolute atomic E-state index is 12.5. The van der Waals surface area contributed by atoms with Crippen LogP contribution < -0.4 is 0 Å². The minimum absolute atomic E-state index is 0.164. The summed E-state index contributed by atoms with van der Waals surface area (Å²) in [6.07, 6.45) is 2.43. The van der Waals surface area contributed by atoms with Crippen LogP contribution in [0.15, 0.2) is 46.9 Å². The lowest BCUT2D eigenvalue weighted by Gasteiger charge is -2.13. The van der Waals surface area contributed by atoms with Gasteiger partial charge in [0.1, 0.15) is 0 Å². The van der Waals surface area contributed by atoms with Gasteiger partial charge in [-0.1, -0.05) is 34.1 Å². The third-order valence-electron chi connectivity index (χ3n) is 4.10. The molecular formula is C19H17BrO3. The summed E-state index contributed by atoms with van der Waals surface area (Å²) in [5.74, 6) is -0.656. The number of carbonyl (C=O) groups excluding carboxylic acids is 2.